The number of benzene rings is 3. The van der Waals surface area contributed by atoms with Crippen LogP contribution in [-0.4, -0.2) is 53.1 Å². The zero-order valence-electron chi connectivity index (χ0n) is 23.1. The molecular formula is C32H30ClFN4O3S. The van der Waals surface area contributed by atoms with Crippen molar-refractivity contribution < 1.29 is 18.7 Å². The molecule has 4 aromatic rings. The molecule has 0 unspecified atom stereocenters. The number of rotatable bonds is 7. The zero-order chi connectivity index (χ0) is 29.2. The number of halogens is 2. The molecule has 1 N–H and O–H groups in total. The molecule has 0 aliphatic carbocycles. The van der Waals surface area contributed by atoms with Crippen molar-refractivity contribution >= 4 is 41.0 Å². The molecule has 6 rings (SSSR count). The molecule has 0 spiro atoms. The van der Waals surface area contributed by atoms with Gasteiger partial charge >= 0.3 is 0 Å². The smallest absolute Gasteiger partial charge is 0.240 e. The highest BCUT2D eigenvalue weighted by molar-refractivity contribution is 8.00. The highest BCUT2D eigenvalue weighted by Crippen LogP contribution is 2.48. The lowest BCUT2D eigenvalue weighted by Crippen LogP contribution is -2.44. The largest absolute Gasteiger partial charge is 0.376 e. The van der Waals surface area contributed by atoms with E-state index < -0.39 is 0 Å². The number of anilines is 1. The number of aryl methyl sites for hydroxylation is 1. The molecule has 1 aromatic heterocycles. The van der Waals surface area contributed by atoms with Gasteiger partial charge in [0.25, 0.3) is 0 Å². The summed E-state index contributed by atoms with van der Waals surface area (Å²) < 4.78 is 21.4. The van der Waals surface area contributed by atoms with E-state index in [1.165, 1.54) is 28.8 Å². The van der Waals surface area contributed by atoms with Crippen LogP contribution in [0.1, 0.15) is 34.8 Å². The standard InChI is InChI=1S/C32H30ClFN4O3S/c1-20-4-14-25(15-5-20)38-32-29(30(36-38)21-6-10-23(33)11-7-21)31(22-8-12-24(34)13-9-22)42-19-28(40)37(32)18-27(39)35-17-26-3-2-16-41-26/h4-15,26,31H,2-3,16-19H2,1H3,(H,35,39)/t26-,31-/m0/s1. The maximum atomic E-state index is 14.0. The fraction of sp³-hybridized carbons (Fsp3) is 0.281. The Morgan fingerprint density at radius 1 is 1.10 bits per heavy atom. The third-order valence-electron chi connectivity index (χ3n) is 7.51. The van der Waals surface area contributed by atoms with Crippen LogP contribution in [0.25, 0.3) is 16.9 Å². The number of fused-ring (bicyclic) bond motifs is 1. The average Bonchev–Trinajstić information content (AvgIpc) is 3.62. The number of nitrogens with zero attached hydrogens (tertiary/aromatic N) is 3. The predicted molar refractivity (Wildman–Crippen MR) is 164 cm³/mol. The quantitative estimate of drug-likeness (QED) is 0.276. The Hall–Kier alpha value is -3.66. The van der Waals surface area contributed by atoms with E-state index in [1.54, 1.807) is 28.9 Å². The molecule has 216 valence electrons. The molecule has 3 heterocycles. The van der Waals surface area contributed by atoms with Crippen LogP contribution in [0.2, 0.25) is 5.02 Å². The molecule has 0 radical (unpaired) electrons. The van der Waals surface area contributed by atoms with Gasteiger partial charge in [-0.05, 0) is 61.7 Å². The van der Waals surface area contributed by atoms with Gasteiger partial charge in [-0.25, -0.2) is 9.07 Å². The summed E-state index contributed by atoms with van der Waals surface area (Å²) in [5.41, 5.74) is 4.90. The van der Waals surface area contributed by atoms with Crippen LogP contribution in [0.15, 0.2) is 72.8 Å². The second-order valence-corrected chi connectivity index (χ2v) is 12.0. The van der Waals surface area contributed by atoms with Crippen LogP contribution in [-0.2, 0) is 14.3 Å². The Morgan fingerprint density at radius 2 is 1.83 bits per heavy atom. The summed E-state index contributed by atoms with van der Waals surface area (Å²) in [5.74, 6) is -0.190. The third kappa shape index (κ3) is 5.95. The number of carbonyl (C=O) groups excluding carboxylic acids is 2. The Labute approximate surface area is 253 Å². The maximum absolute atomic E-state index is 14.0. The van der Waals surface area contributed by atoms with Crippen molar-refractivity contribution in [1.29, 1.82) is 0 Å². The number of thioether (sulfide) groups is 1. The van der Waals surface area contributed by atoms with Gasteiger partial charge in [0, 0.05) is 29.3 Å². The van der Waals surface area contributed by atoms with Crippen molar-refractivity contribution in [2.24, 2.45) is 0 Å². The van der Waals surface area contributed by atoms with Gasteiger partial charge in [0.05, 0.1) is 28.5 Å². The lowest BCUT2D eigenvalue weighted by molar-refractivity contribution is -0.123. The topological polar surface area (TPSA) is 76.5 Å². The van der Waals surface area contributed by atoms with Crippen LogP contribution in [0.4, 0.5) is 10.2 Å². The first-order valence-electron chi connectivity index (χ1n) is 13.9. The van der Waals surface area contributed by atoms with Gasteiger partial charge in [-0.3, -0.25) is 14.5 Å². The van der Waals surface area contributed by atoms with E-state index in [2.05, 4.69) is 5.32 Å². The molecule has 0 bridgehead atoms. The molecule has 1 fully saturated rings. The number of hydrogen-bond donors (Lipinski definition) is 1. The highest BCUT2D eigenvalue weighted by atomic mass is 35.5. The SMILES string of the molecule is Cc1ccc(-n2nc(-c3ccc(Cl)cc3)c3c2N(CC(=O)NC[C@@H]2CCCO2)C(=O)CS[C@H]3c2ccc(F)cc2)cc1. The normalized spacial score (nSPS) is 18.5. The summed E-state index contributed by atoms with van der Waals surface area (Å²) in [6, 6.07) is 21.5. The van der Waals surface area contributed by atoms with E-state index in [1.807, 2.05) is 43.3 Å². The van der Waals surface area contributed by atoms with E-state index in [-0.39, 0.29) is 41.3 Å². The van der Waals surface area contributed by atoms with Gasteiger partial charge < -0.3 is 10.1 Å². The first kappa shape index (κ1) is 28.5. The molecule has 2 atom stereocenters. The first-order chi connectivity index (χ1) is 20.4. The summed E-state index contributed by atoms with van der Waals surface area (Å²) in [6.45, 7) is 2.92. The summed E-state index contributed by atoms with van der Waals surface area (Å²) in [6.07, 6.45) is 1.85. The van der Waals surface area contributed by atoms with Gasteiger partial charge in [0.2, 0.25) is 11.8 Å². The fourth-order valence-corrected chi connectivity index (χ4v) is 6.66. The van der Waals surface area contributed by atoms with Crippen molar-refractivity contribution in [2.45, 2.75) is 31.1 Å². The van der Waals surface area contributed by atoms with E-state index in [0.717, 1.165) is 40.8 Å². The molecule has 2 aliphatic rings. The van der Waals surface area contributed by atoms with Crippen molar-refractivity contribution in [2.75, 3.05) is 30.3 Å². The number of ether oxygens (including phenoxy) is 1. The average molecular weight is 605 g/mol. The van der Waals surface area contributed by atoms with Gasteiger partial charge in [-0.1, -0.05) is 53.6 Å². The molecule has 0 saturated carbocycles. The Morgan fingerprint density at radius 3 is 2.52 bits per heavy atom. The second-order valence-electron chi connectivity index (χ2n) is 10.5. The molecule has 2 amide bonds. The van der Waals surface area contributed by atoms with Crippen LogP contribution in [0, 0.1) is 12.7 Å². The van der Waals surface area contributed by atoms with Crippen molar-refractivity contribution in [3.05, 3.63) is 100 Å². The van der Waals surface area contributed by atoms with E-state index in [4.69, 9.17) is 21.4 Å². The number of nitrogens with one attached hydrogen (secondary N) is 1. The van der Waals surface area contributed by atoms with E-state index in [0.29, 0.717) is 29.7 Å². The minimum absolute atomic E-state index is 0.0163. The molecule has 3 aromatic carbocycles. The minimum atomic E-state index is -0.352. The van der Waals surface area contributed by atoms with Crippen molar-refractivity contribution in [1.82, 2.24) is 15.1 Å². The lowest BCUT2D eigenvalue weighted by atomic mass is 9.99. The maximum Gasteiger partial charge on any atom is 0.240 e. The van der Waals surface area contributed by atoms with E-state index >= 15 is 0 Å². The van der Waals surface area contributed by atoms with Crippen molar-refractivity contribution in [3.63, 3.8) is 0 Å². The molecule has 10 heteroatoms. The van der Waals surface area contributed by atoms with Gasteiger partial charge in [-0.2, -0.15) is 5.10 Å². The van der Waals surface area contributed by atoms with Gasteiger partial charge in [0.1, 0.15) is 18.2 Å². The van der Waals surface area contributed by atoms with Crippen LogP contribution in [0.5, 0.6) is 0 Å². The first-order valence-corrected chi connectivity index (χ1v) is 15.3. The number of amides is 2. The Bertz CT molecular complexity index is 1590. The molecular weight excluding hydrogens is 575 g/mol. The highest BCUT2D eigenvalue weighted by Gasteiger charge is 2.37. The molecule has 42 heavy (non-hydrogen) atoms. The molecule has 1 saturated heterocycles. The second kappa shape index (κ2) is 12.3. The number of carbonyl (C=O) groups is 2. The predicted octanol–water partition coefficient (Wildman–Crippen LogP) is 6.10. The molecule has 7 nitrogen and oxygen atoms in total. The fourth-order valence-electron chi connectivity index (χ4n) is 5.34. The number of hydrogen-bond acceptors (Lipinski definition) is 5. The third-order valence-corrected chi connectivity index (χ3v) is 9.02. The van der Waals surface area contributed by atoms with Crippen molar-refractivity contribution in [3.8, 4) is 16.9 Å². The Kier molecular flexibility index (Phi) is 8.33. The summed E-state index contributed by atoms with van der Waals surface area (Å²) >= 11 is 7.67. The molecule has 2 aliphatic heterocycles. The summed E-state index contributed by atoms with van der Waals surface area (Å²) in [4.78, 5) is 28.6. The summed E-state index contributed by atoms with van der Waals surface area (Å²) in [5, 5.41) is 8.26. The summed E-state index contributed by atoms with van der Waals surface area (Å²) in [7, 11) is 0. The van der Waals surface area contributed by atoms with E-state index in [9.17, 15) is 14.0 Å². The van der Waals surface area contributed by atoms with Crippen LogP contribution in [0.3, 0.4) is 0 Å². The minimum Gasteiger partial charge on any atom is -0.376 e. The Balaban J connectivity index is 1.51. The zero-order valence-corrected chi connectivity index (χ0v) is 24.6. The lowest BCUT2D eigenvalue weighted by Gasteiger charge is -2.23. The van der Waals surface area contributed by atoms with Gasteiger partial charge in [-0.15, -0.1) is 11.8 Å². The monoisotopic (exact) mass is 604 g/mol. The van der Waals surface area contributed by atoms with Gasteiger partial charge in [0.15, 0.2) is 0 Å². The number of aromatic nitrogens is 2. The van der Waals surface area contributed by atoms with Crippen LogP contribution >= 0.6 is 23.4 Å². The van der Waals surface area contributed by atoms with Crippen LogP contribution < -0.4 is 10.2 Å².